The lowest BCUT2D eigenvalue weighted by Gasteiger charge is -2.14. The van der Waals surface area contributed by atoms with Gasteiger partial charge < -0.3 is 15.2 Å². The number of carbonyl (C=O) groups is 2. The number of aliphatic carboxylic acids is 1. The van der Waals surface area contributed by atoms with Gasteiger partial charge in [0.1, 0.15) is 11.8 Å². The van der Waals surface area contributed by atoms with Gasteiger partial charge in [-0.15, -0.1) is 0 Å². The normalized spacial score (nSPS) is 11.7. The highest BCUT2D eigenvalue weighted by atomic mass is 16.5. The third-order valence-corrected chi connectivity index (χ3v) is 2.75. The molecule has 5 heteroatoms. The summed E-state index contributed by atoms with van der Waals surface area (Å²) in [6.07, 6.45) is 1.23. The Labute approximate surface area is 112 Å². The Morgan fingerprint density at radius 3 is 2.63 bits per heavy atom. The number of ether oxygens (including phenoxy) is 1. The van der Waals surface area contributed by atoms with Gasteiger partial charge in [-0.05, 0) is 12.5 Å². The second-order valence-electron chi connectivity index (χ2n) is 4.24. The Balaban J connectivity index is 2.66. The van der Waals surface area contributed by atoms with Crippen molar-refractivity contribution in [2.75, 3.05) is 7.11 Å². The Morgan fingerprint density at radius 2 is 2.05 bits per heavy atom. The molecular formula is C14H19NO4. The van der Waals surface area contributed by atoms with Crippen molar-refractivity contribution >= 4 is 11.9 Å². The van der Waals surface area contributed by atoms with Gasteiger partial charge in [0.2, 0.25) is 5.91 Å². The largest absolute Gasteiger partial charge is 0.496 e. The van der Waals surface area contributed by atoms with E-state index in [2.05, 4.69) is 5.32 Å². The molecule has 0 fully saturated rings. The molecule has 2 N–H and O–H groups in total. The number of benzene rings is 1. The molecule has 1 amide bonds. The molecule has 0 spiro atoms. The number of methoxy groups -OCH3 is 1. The number of amides is 1. The zero-order valence-electron chi connectivity index (χ0n) is 11.2. The lowest BCUT2D eigenvalue weighted by Crippen LogP contribution is -2.41. The van der Waals surface area contributed by atoms with Crippen LogP contribution < -0.4 is 10.1 Å². The summed E-state index contributed by atoms with van der Waals surface area (Å²) in [5.41, 5.74) is 0.739. The van der Waals surface area contributed by atoms with Crippen LogP contribution in [0.5, 0.6) is 5.75 Å². The topological polar surface area (TPSA) is 75.6 Å². The summed E-state index contributed by atoms with van der Waals surface area (Å²) in [5.74, 6) is -0.694. The maximum absolute atomic E-state index is 11.8. The summed E-state index contributed by atoms with van der Waals surface area (Å²) in [7, 11) is 1.54. The summed E-state index contributed by atoms with van der Waals surface area (Å²) in [4.78, 5) is 22.8. The number of carbonyl (C=O) groups excluding carboxylic acids is 1. The number of carboxylic acid groups (broad SMARTS) is 1. The quantitative estimate of drug-likeness (QED) is 0.785. The molecule has 5 nitrogen and oxygen atoms in total. The van der Waals surface area contributed by atoms with Crippen LogP contribution in [0.3, 0.4) is 0 Å². The molecule has 104 valence electrons. The molecule has 1 aromatic rings. The lowest BCUT2D eigenvalue weighted by atomic mass is 10.1. The average molecular weight is 265 g/mol. The number of rotatable bonds is 7. The molecule has 0 aliphatic carbocycles. The van der Waals surface area contributed by atoms with E-state index in [-0.39, 0.29) is 12.3 Å². The van der Waals surface area contributed by atoms with Crippen molar-refractivity contribution in [3.05, 3.63) is 29.8 Å². The van der Waals surface area contributed by atoms with Crippen LogP contribution in [0.2, 0.25) is 0 Å². The lowest BCUT2D eigenvalue weighted by molar-refractivity contribution is -0.141. The maximum Gasteiger partial charge on any atom is 0.326 e. The van der Waals surface area contributed by atoms with Crippen LogP contribution in [0, 0.1) is 0 Å². The highest BCUT2D eigenvalue weighted by molar-refractivity contribution is 5.85. The van der Waals surface area contributed by atoms with Crippen LogP contribution in [-0.2, 0) is 16.0 Å². The molecular weight excluding hydrogens is 246 g/mol. The Morgan fingerprint density at radius 1 is 1.37 bits per heavy atom. The van der Waals surface area contributed by atoms with Crippen molar-refractivity contribution in [2.24, 2.45) is 0 Å². The molecule has 19 heavy (non-hydrogen) atoms. The van der Waals surface area contributed by atoms with Crippen molar-refractivity contribution < 1.29 is 19.4 Å². The molecule has 0 aromatic heterocycles. The number of hydrogen-bond acceptors (Lipinski definition) is 3. The predicted molar refractivity (Wildman–Crippen MR) is 71.2 cm³/mol. The minimum Gasteiger partial charge on any atom is -0.496 e. The van der Waals surface area contributed by atoms with Gasteiger partial charge in [-0.3, -0.25) is 4.79 Å². The maximum atomic E-state index is 11.8. The molecule has 0 bridgehead atoms. The Bertz CT molecular complexity index is 445. The van der Waals surface area contributed by atoms with Crippen molar-refractivity contribution in [1.82, 2.24) is 5.32 Å². The van der Waals surface area contributed by atoms with Gasteiger partial charge in [0.05, 0.1) is 13.5 Å². The minimum atomic E-state index is -1.00. The third kappa shape index (κ3) is 4.62. The van der Waals surface area contributed by atoms with Gasteiger partial charge in [-0.1, -0.05) is 31.5 Å². The van der Waals surface area contributed by atoms with E-state index in [0.29, 0.717) is 18.6 Å². The second-order valence-corrected chi connectivity index (χ2v) is 4.24. The van der Waals surface area contributed by atoms with E-state index in [1.807, 2.05) is 19.1 Å². The summed E-state index contributed by atoms with van der Waals surface area (Å²) >= 11 is 0. The van der Waals surface area contributed by atoms with Gasteiger partial charge >= 0.3 is 5.97 Å². The van der Waals surface area contributed by atoms with E-state index in [1.165, 1.54) is 7.11 Å². The molecule has 0 heterocycles. The van der Waals surface area contributed by atoms with Gasteiger partial charge in [-0.25, -0.2) is 4.79 Å². The van der Waals surface area contributed by atoms with E-state index < -0.39 is 12.0 Å². The van der Waals surface area contributed by atoms with E-state index >= 15 is 0 Å². The summed E-state index contributed by atoms with van der Waals surface area (Å²) in [6.45, 7) is 1.88. The fourth-order valence-corrected chi connectivity index (χ4v) is 1.81. The van der Waals surface area contributed by atoms with Gasteiger partial charge in [0.25, 0.3) is 0 Å². The fourth-order valence-electron chi connectivity index (χ4n) is 1.81. The smallest absolute Gasteiger partial charge is 0.326 e. The molecule has 1 unspecified atom stereocenters. The number of nitrogens with one attached hydrogen (secondary N) is 1. The van der Waals surface area contributed by atoms with E-state index in [9.17, 15) is 9.59 Å². The van der Waals surface area contributed by atoms with Crippen LogP contribution >= 0.6 is 0 Å². The zero-order valence-corrected chi connectivity index (χ0v) is 11.2. The number of carboxylic acids is 1. The average Bonchev–Trinajstić information content (AvgIpc) is 2.38. The van der Waals surface area contributed by atoms with Crippen molar-refractivity contribution in [1.29, 1.82) is 0 Å². The number of para-hydroxylation sites is 1. The standard InChI is InChI=1S/C14H19NO4/c1-3-6-11(14(17)18)15-13(16)9-10-7-4-5-8-12(10)19-2/h4-5,7-8,11H,3,6,9H2,1-2H3,(H,15,16)(H,17,18). The Kier molecular flexibility index (Phi) is 5.85. The van der Waals surface area contributed by atoms with Crippen molar-refractivity contribution in [3.63, 3.8) is 0 Å². The summed E-state index contributed by atoms with van der Waals surface area (Å²) < 4.78 is 5.15. The molecule has 0 saturated heterocycles. The molecule has 1 aromatic carbocycles. The van der Waals surface area contributed by atoms with Crippen molar-refractivity contribution in [3.8, 4) is 5.75 Å². The van der Waals surface area contributed by atoms with Gasteiger partial charge in [0.15, 0.2) is 0 Å². The predicted octanol–water partition coefficient (Wildman–Crippen LogP) is 1.61. The van der Waals surface area contributed by atoms with Crippen LogP contribution in [0.25, 0.3) is 0 Å². The minimum absolute atomic E-state index is 0.109. The first-order valence-corrected chi connectivity index (χ1v) is 6.22. The molecule has 0 radical (unpaired) electrons. The molecule has 1 atom stereocenters. The van der Waals surface area contributed by atoms with Gasteiger partial charge in [0, 0.05) is 5.56 Å². The monoisotopic (exact) mass is 265 g/mol. The third-order valence-electron chi connectivity index (χ3n) is 2.75. The first kappa shape index (κ1) is 15.0. The second kappa shape index (κ2) is 7.41. The van der Waals surface area contributed by atoms with Crippen LogP contribution in [0.15, 0.2) is 24.3 Å². The molecule has 0 aliphatic heterocycles. The van der Waals surface area contributed by atoms with Crippen LogP contribution in [0.4, 0.5) is 0 Å². The fraction of sp³-hybridized carbons (Fsp3) is 0.429. The van der Waals surface area contributed by atoms with Crippen molar-refractivity contribution in [2.45, 2.75) is 32.2 Å². The first-order valence-electron chi connectivity index (χ1n) is 6.22. The summed E-state index contributed by atoms with van der Waals surface area (Å²) in [6, 6.07) is 6.35. The highest BCUT2D eigenvalue weighted by Crippen LogP contribution is 2.17. The zero-order chi connectivity index (χ0) is 14.3. The number of hydrogen-bond donors (Lipinski definition) is 2. The van der Waals surface area contributed by atoms with E-state index in [4.69, 9.17) is 9.84 Å². The van der Waals surface area contributed by atoms with E-state index in [0.717, 1.165) is 5.56 Å². The summed E-state index contributed by atoms with van der Waals surface area (Å²) in [5, 5.41) is 11.5. The SMILES string of the molecule is CCCC(NC(=O)Cc1ccccc1OC)C(=O)O. The van der Waals surface area contributed by atoms with Crippen LogP contribution in [0.1, 0.15) is 25.3 Å². The van der Waals surface area contributed by atoms with Gasteiger partial charge in [-0.2, -0.15) is 0 Å². The molecule has 0 saturated carbocycles. The molecule has 0 aliphatic rings. The highest BCUT2D eigenvalue weighted by Gasteiger charge is 2.19. The first-order chi connectivity index (χ1) is 9.08. The van der Waals surface area contributed by atoms with Crippen LogP contribution in [-0.4, -0.2) is 30.1 Å². The Hall–Kier alpha value is -2.04. The molecule has 1 rings (SSSR count). The van der Waals surface area contributed by atoms with E-state index in [1.54, 1.807) is 12.1 Å².